The number of para-hydroxylation sites is 2. The van der Waals surface area contributed by atoms with E-state index < -0.39 is 42.0 Å². The van der Waals surface area contributed by atoms with Crippen LogP contribution in [0.3, 0.4) is 0 Å². The van der Waals surface area contributed by atoms with Gasteiger partial charge in [0.1, 0.15) is 24.0 Å². The number of benzene rings is 4. The summed E-state index contributed by atoms with van der Waals surface area (Å²) >= 11 is 5.85. The summed E-state index contributed by atoms with van der Waals surface area (Å²) in [5.41, 5.74) is 8.75. The maximum atomic E-state index is 14.4. The number of allylic oxidation sites excluding steroid dienone is 1. The number of nitrogens with one attached hydrogen (secondary N) is 1. The summed E-state index contributed by atoms with van der Waals surface area (Å²) in [6.45, 7) is -1.08. The lowest BCUT2D eigenvalue weighted by molar-refractivity contribution is -0.0498. The third kappa shape index (κ3) is 8.17. The number of aromatic nitrogens is 6. The van der Waals surface area contributed by atoms with Gasteiger partial charge in [0.25, 0.3) is 0 Å². The highest BCUT2D eigenvalue weighted by Gasteiger charge is 2.27. The first kappa shape index (κ1) is 38.6. The largest absolute Gasteiger partial charge is 0.435 e. The molecule has 19 heteroatoms. The smallest absolute Gasteiger partial charge is 0.387 e. The standard InChI is InChI=1S/C20H17F3N4O2.C18H12ClF3N6/c1-28-12-18-25-16-4-2-3-5-17(16)27(18)20-24-10-13(21)11-26(20)14-6-8-15(9-7-14)29-19(22)23;1-8-24-13-6-11(20)12(21)7-14(13)28(8)18-26-16(23)15(22)17(27-18)25-10-4-2-9(19)3-5-10/h2-11,19-20H,12H2,1H3;2-7H,1H3,(H3,23,25,26,27). The minimum absolute atomic E-state index is 0.0124. The second kappa shape index (κ2) is 16.2. The quantitative estimate of drug-likeness (QED) is 0.137. The highest BCUT2D eigenvalue weighted by molar-refractivity contribution is 6.30. The van der Waals surface area contributed by atoms with E-state index in [2.05, 4.69) is 35.0 Å². The van der Waals surface area contributed by atoms with Crippen LogP contribution in [0.25, 0.3) is 28.0 Å². The maximum absolute atomic E-state index is 14.4. The molecule has 292 valence electrons. The van der Waals surface area contributed by atoms with Crippen LogP contribution in [0.2, 0.25) is 5.02 Å². The van der Waals surface area contributed by atoms with Gasteiger partial charge in [-0.2, -0.15) is 23.1 Å². The van der Waals surface area contributed by atoms with E-state index in [1.165, 1.54) is 22.9 Å². The molecule has 57 heavy (non-hydrogen) atoms. The molecule has 0 spiro atoms. The van der Waals surface area contributed by atoms with Crippen LogP contribution in [0.5, 0.6) is 5.75 Å². The van der Waals surface area contributed by atoms with E-state index in [0.29, 0.717) is 28.0 Å². The predicted molar refractivity (Wildman–Crippen MR) is 203 cm³/mol. The summed E-state index contributed by atoms with van der Waals surface area (Å²) in [6.07, 6.45) is 1.77. The zero-order chi connectivity index (χ0) is 40.4. The van der Waals surface area contributed by atoms with Crippen LogP contribution in [0.15, 0.2) is 102 Å². The van der Waals surface area contributed by atoms with Gasteiger partial charge in [0.2, 0.25) is 18.1 Å². The Kier molecular flexibility index (Phi) is 11.0. The van der Waals surface area contributed by atoms with Gasteiger partial charge in [0.15, 0.2) is 29.1 Å². The van der Waals surface area contributed by atoms with Crippen molar-refractivity contribution in [2.24, 2.45) is 4.99 Å². The van der Waals surface area contributed by atoms with E-state index in [0.717, 1.165) is 29.4 Å². The predicted octanol–water partition coefficient (Wildman–Crippen LogP) is 9.16. The fraction of sp³-hybridized carbons (Fsp3) is 0.132. The maximum Gasteiger partial charge on any atom is 0.387 e. The first-order valence-corrected chi connectivity index (χ1v) is 17.2. The van der Waals surface area contributed by atoms with Crippen molar-refractivity contribution in [1.82, 2.24) is 29.1 Å². The van der Waals surface area contributed by atoms with E-state index in [-0.39, 0.29) is 35.2 Å². The van der Waals surface area contributed by atoms with Gasteiger partial charge in [0.05, 0.1) is 28.3 Å². The summed E-state index contributed by atoms with van der Waals surface area (Å²) in [6, 6.07) is 21.9. The molecule has 0 fully saturated rings. The Bertz CT molecular complexity index is 2640. The molecule has 12 nitrogen and oxygen atoms in total. The molecule has 4 heterocycles. The number of fused-ring (bicyclic) bond motifs is 2. The van der Waals surface area contributed by atoms with Crippen molar-refractivity contribution in [3.05, 3.63) is 131 Å². The molecule has 0 bridgehead atoms. The zero-order valence-corrected chi connectivity index (χ0v) is 30.5. The summed E-state index contributed by atoms with van der Waals surface area (Å²) in [7, 11) is 1.56. The van der Waals surface area contributed by atoms with Crippen molar-refractivity contribution in [3.8, 4) is 11.7 Å². The molecule has 3 N–H and O–H groups in total. The van der Waals surface area contributed by atoms with Crippen molar-refractivity contribution in [2.45, 2.75) is 26.4 Å². The topological polar surface area (TPSA) is 134 Å². The normalized spacial score (nSPS) is 13.9. The molecule has 4 aromatic carbocycles. The highest BCUT2D eigenvalue weighted by atomic mass is 35.5. The number of alkyl halides is 2. The Labute approximate surface area is 324 Å². The molecule has 3 aromatic heterocycles. The number of aliphatic imine (C=N–C) groups is 1. The molecular weight excluding hydrogens is 778 g/mol. The van der Waals surface area contributed by atoms with Gasteiger partial charge in [-0.15, -0.1) is 0 Å². The monoisotopic (exact) mass is 806 g/mol. The Morgan fingerprint density at radius 1 is 0.860 bits per heavy atom. The fourth-order valence-electron chi connectivity index (χ4n) is 5.97. The number of nitrogens with zero attached hydrogens (tertiary/aromatic N) is 8. The SMILES string of the molecule is COCc1nc2ccccc2n1C1N=CC(F)=CN1c1ccc(OC(F)F)cc1.Cc1nc2cc(F)c(F)cc2n1-c1nc(N)c(F)c(Nc2ccc(Cl)cc2)n1. The van der Waals surface area contributed by atoms with Crippen LogP contribution in [0, 0.1) is 24.4 Å². The number of halogens is 7. The first-order valence-electron chi connectivity index (χ1n) is 16.8. The summed E-state index contributed by atoms with van der Waals surface area (Å²) in [5.74, 6) is -3.12. The lowest BCUT2D eigenvalue weighted by atomic mass is 10.2. The van der Waals surface area contributed by atoms with Gasteiger partial charge >= 0.3 is 6.61 Å². The molecule has 1 atom stereocenters. The minimum Gasteiger partial charge on any atom is -0.435 e. The second-order valence-corrected chi connectivity index (χ2v) is 12.6. The van der Waals surface area contributed by atoms with Crippen LogP contribution in [0.1, 0.15) is 17.9 Å². The van der Waals surface area contributed by atoms with Crippen molar-refractivity contribution in [1.29, 1.82) is 0 Å². The zero-order valence-electron chi connectivity index (χ0n) is 29.7. The Balaban J connectivity index is 0.000000174. The van der Waals surface area contributed by atoms with E-state index in [9.17, 15) is 26.3 Å². The Morgan fingerprint density at radius 3 is 2.30 bits per heavy atom. The number of ether oxygens (including phenoxy) is 2. The molecule has 0 saturated heterocycles. The number of rotatable bonds is 9. The number of aryl methyl sites for hydroxylation is 1. The highest BCUT2D eigenvalue weighted by Crippen LogP contribution is 2.34. The number of nitrogen functional groups attached to an aromatic ring is 1. The van der Waals surface area contributed by atoms with Gasteiger partial charge in [-0.05, 0) is 67.6 Å². The van der Waals surface area contributed by atoms with E-state index >= 15 is 0 Å². The molecular formula is C38H29ClF6N10O2. The Morgan fingerprint density at radius 2 is 1.58 bits per heavy atom. The second-order valence-electron chi connectivity index (χ2n) is 12.2. The Hall–Kier alpha value is -6.66. The van der Waals surface area contributed by atoms with Crippen molar-refractivity contribution in [2.75, 3.05) is 23.1 Å². The molecule has 1 aliphatic heterocycles. The van der Waals surface area contributed by atoms with E-state index in [4.69, 9.17) is 22.1 Å². The average molecular weight is 807 g/mol. The van der Waals surface area contributed by atoms with Crippen LogP contribution in [-0.2, 0) is 11.3 Å². The van der Waals surface area contributed by atoms with Crippen molar-refractivity contribution >= 4 is 62.9 Å². The van der Waals surface area contributed by atoms with Gasteiger partial charge in [-0.25, -0.2) is 28.1 Å². The minimum atomic E-state index is -2.92. The number of hydrogen-bond acceptors (Lipinski definition) is 10. The van der Waals surface area contributed by atoms with E-state index in [1.807, 2.05) is 28.8 Å². The van der Waals surface area contributed by atoms with Crippen LogP contribution in [-0.4, -0.2) is 49.0 Å². The third-order valence-corrected chi connectivity index (χ3v) is 8.66. The molecule has 0 saturated carbocycles. The molecule has 1 aliphatic rings. The van der Waals surface area contributed by atoms with E-state index in [1.54, 1.807) is 55.3 Å². The summed E-state index contributed by atoms with van der Waals surface area (Å²) < 4.78 is 93.4. The van der Waals surface area contributed by atoms with Gasteiger partial charge in [0, 0.05) is 41.8 Å². The van der Waals surface area contributed by atoms with Crippen LogP contribution >= 0.6 is 11.6 Å². The van der Waals surface area contributed by atoms with Gasteiger partial charge < -0.3 is 25.4 Å². The van der Waals surface area contributed by atoms with Crippen molar-refractivity contribution < 1.29 is 35.8 Å². The number of hydrogen-bond donors (Lipinski definition) is 2. The molecule has 0 aliphatic carbocycles. The fourth-order valence-corrected chi connectivity index (χ4v) is 6.10. The number of anilines is 4. The molecule has 7 aromatic rings. The number of methoxy groups -OCH3 is 1. The molecule has 0 radical (unpaired) electrons. The molecule has 8 rings (SSSR count). The number of imidazole rings is 2. The average Bonchev–Trinajstić information content (AvgIpc) is 3.70. The lowest BCUT2D eigenvalue weighted by Gasteiger charge is -2.32. The summed E-state index contributed by atoms with van der Waals surface area (Å²) in [4.78, 5) is 22.8. The van der Waals surface area contributed by atoms with Gasteiger partial charge in [-0.1, -0.05) is 23.7 Å². The van der Waals surface area contributed by atoms with Crippen molar-refractivity contribution in [3.63, 3.8) is 0 Å². The summed E-state index contributed by atoms with van der Waals surface area (Å²) in [5, 5.41) is 3.32. The van der Waals surface area contributed by atoms with Gasteiger partial charge in [-0.3, -0.25) is 9.13 Å². The third-order valence-electron chi connectivity index (χ3n) is 8.41. The number of nitrogens with two attached hydrogens (primary N) is 1. The van der Waals surface area contributed by atoms with Crippen LogP contribution in [0.4, 0.5) is 49.4 Å². The molecule has 1 unspecified atom stereocenters. The van der Waals surface area contributed by atoms with Crippen LogP contribution < -0.4 is 20.7 Å². The molecule has 0 amide bonds. The lowest BCUT2D eigenvalue weighted by Crippen LogP contribution is -2.30. The first-order chi connectivity index (χ1) is 27.4.